The highest BCUT2D eigenvalue weighted by molar-refractivity contribution is 5.80. The predicted octanol–water partition coefficient (Wildman–Crippen LogP) is 3.73. The van der Waals surface area contributed by atoms with Gasteiger partial charge in [0.1, 0.15) is 11.9 Å². The van der Waals surface area contributed by atoms with Crippen LogP contribution in [0.3, 0.4) is 0 Å². The summed E-state index contributed by atoms with van der Waals surface area (Å²) in [4.78, 5) is 7.23. The molecule has 0 radical (unpaired) electrons. The number of hydrogen-bond acceptors (Lipinski definition) is 3. The Kier molecular flexibility index (Phi) is 8.66. The smallest absolute Gasteiger partial charge is 0.191 e. The van der Waals surface area contributed by atoms with Gasteiger partial charge in [-0.3, -0.25) is 9.89 Å². The molecule has 30 heavy (non-hydrogen) atoms. The minimum absolute atomic E-state index is 0.200. The Morgan fingerprint density at radius 2 is 1.83 bits per heavy atom. The topological polar surface area (TPSA) is 48.9 Å². The van der Waals surface area contributed by atoms with Crippen LogP contribution in [0, 0.1) is 5.82 Å². The molecule has 1 saturated heterocycles. The first-order chi connectivity index (χ1) is 14.7. The van der Waals surface area contributed by atoms with Crippen LogP contribution in [0.25, 0.3) is 0 Å². The number of hydrogen-bond donors (Lipinski definition) is 2. The molecule has 5 nitrogen and oxygen atoms in total. The number of rotatable bonds is 8. The van der Waals surface area contributed by atoms with E-state index in [1.54, 1.807) is 19.2 Å². The molecule has 0 bridgehead atoms. The number of piperidine rings is 1. The lowest BCUT2D eigenvalue weighted by Crippen LogP contribution is -2.48. The normalized spacial score (nSPS) is 17.0. The van der Waals surface area contributed by atoms with Crippen LogP contribution in [0.5, 0.6) is 0 Å². The van der Waals surface area contributed by atoms with E-state index in [0.29, 0.717) is 12.6 Å². The number of aliphatic imine (C=N–C) groups is 1. The molecular weight excluding hydrogens is 379 g/mol. The summed E-state index contributed by atoms with van der Waals surface area (Å²) in [6, 6.07) is 17.5. The number of likely N-dealkylation sites (tertiary alicyclic amines) is 1. The fourth-order valence-electron chi connectivity index (χ4n) is 3.76. The quantitative estimate of drug-likeness (QED) is 0.512. The number of ether oxygens (including phenoxy) is 1. The van der Waals surface area contributed by atoms with E-state index in [4.69, 9.17) is 9.73 Å². The van der Waals surface area contributed by atoms with Gasteiger partial charge in [-0.05, 0) is 43.0 Å². The lowest BCUT2D eigenvalue weighted by Gasteiger charge is -2.33. The summed E-state index contributed by atoms with van der Waals surface area (Å²) in [6.07, 6.45) is 1.97. The summed E-state index contributed by atoms with van der Waals surface area (Å²) in [7, 11) is 1.66. The van der Waals surface area contributed by atoms with Gasteiger partial charge in [-0.15, -0.1) is 0 Å². The van der Waals surface area contributed by atoms with Gasteiger partial charge < -0.3 is 15.4 Å². The van der Waals surface area contributed by atoms with E-state index < -0.39 is 0 Å². The fraction of sp³-hybridized carbons (Fsp3) is 0.458. The minimum Gasteiger partial charge on any atom is -0.375 e. The highest BCUT2D eigenvalue weighted by Crippen LogP contribution is 2.18. The third-order valence-electron chi connectivity index (χ3n) is 5.46. The zero-order valence-electron chi connectivity index (χ0n) is 18.0. The molecule has 6 heteroatoms. The van der Waals surface area contributed by atoms with E-state index in [1.165, 1.54) is 17.7 Å². The third-order valence-corrected chi connectivity index (χ3v) is 5.46. The molecule has 0 amide bonds. The van der Waals surface area contributed by atoms with Crippen molar-refractivity contribution in [3.8, 4) is 0 Å². The van der Waals surface area contributed by atoms with Gasteiger partial charge in [0.2, 0.25) is 0 Å². The second-order valence-corrected chi connectivity index (χ2v) is 7.68. The Hall–Kier alpha value is -2.44. The summed E-state index contributed by atoms with van der Waals surface area (Å²) in [6.45, 7) is 6.49. The van der Waals surface area contributed by atoms with Crippen LogP contribution in [-0.2, 0) is 11.3 Å². The summed E-state index contributed by atoms with van der Waals surface area (Å²) in [5.74, 6) is 0.564. The maximum atomic E-state index is 13.2. The first kappa shape index (κ1) is 22.2. The van der Waals surface area contributed by atoms with Crippen molar-refractivity contribution in [1.82, 2.24) is 15.5 Å². The molecule has 0 spiro atoms. The largest absolute Gasteiger partial charge is 0.375 e. The maximum Gasteiger partial charge on any atom is 0.191 e. The van der Waals surface area contributed by atoms with E-state index in [2.05, 4.69) is 52.8 Å². The highest BCUT2D eigenvalue weighted by Gasteiger charge is 2.20. The Morgan fingerprint density at radius 1 is 1.13 bits per heavy atom. The Labute approximate surface area is 179 Å². The molecule has 1 atom stereocenters. The van der Waals surface area contributed by atoms with Gasteiger partial charge >= 0.3 is 0 Å². The highest BCUT2D eigenvalue weighted by atomic mass is 19.1. The van der Waals surface area contributed by atoms with E-state index >= 15 is 0 Å². The second-order valence-electron chi connectivity index (χ2n) is 7.68. The third kappa shape index (κ3) is 6.82. The maximum absolute atomic E-state index is 13.2. The van der Waals surface area contributed by atoms with Crippen LogP contribution in [0.15, 0.2) is 59.6 Å². The summed E-state index contributed by atoms with van der Waals surface area (Å²) < 4.78 is 18.8. The average molecular weight is 413 g/mol. The molecule has 2 N–H and O–H groups in total. The molecule has 0 aliphatic carbocycles. The van der Waals surface area contributed by atoms with Gasteiger partial charge in [0.05, 0.1) is 6.54 Å². The van der Waals surface area contributed by atoms with Crippen LogP contribution in [-0.4, -0.2) is 50.2 Å². The van der Waals surface area contributed by atoms with Crippen molar-refractivity contribution in [2.45, 2.75) is 38.5 Å². The molecule has 2 aromatic carbocycles. The molecular formula is C24H33FN4O. The first-order valence-electron chi connectivity index (χ1n) is 10.8. The monoisotopic (exact) mass is 412 g/mol. The van der Waals surface area contributed by atoms with Gasteiger partial charge in [-0.2, -0.15) is 0 Å². The number of guanidine groups is 1. The summed E-state index contributed by atoms with van der Waals surface area (Å²) in [5.41, 5.74) is 2.29. The number of methoxy groups -OCH3 is 1. The minimum atomic E-state index is -0.245. The van der Waals surface area contributed by atoms with Crippen molar-refractivity contribution in [2.75, 3.05) is 33.3 Å². The van der Waals surface area contributed by atoms with Gasteiger partial charge in [0.25, 0.3) is 0 Å². The van der Waals surface area contributed by atoms with Gasteiger partial charge in [-0.25, -0.2) is 4.39 Å². The van der Waals surface area contributed by atoms with Gasteiger partial charge in [0.15, 0.2) is 5.96 Å². The molecule has 0 aromatic heterocycles. The number of benzene rings is 2. The molecule has 1 aliphatic rings. The van der Waals surface area contributed by atoms with E-state index in [1.807, 2.05) is 0 Å². The standard InChI is InChI=1S/C24H33FN4O/c1-3-26-24(27-17-23(30-2)20-9-11-21(25)12-10-20)28-22-13-15-29(16-14-22)18-19-7-5-4-6-8-19/h4-12,22-23H,3,13-18H2,1-2H3,(H2,26,27,28). The zero-order chi connectivity index (χ0) is 21.2. The number of nitrogens with one attached hydrogen (secondary N) is 2. The van der Waals surface area contributed by atoms with Crippen LogP contribution < -0.4 is 10.6 Å². The van der Waals surface area contributed by atoms with E-state index in [0.717, 1.165) is 50.5 Å². The Bertz CT molecular complexity index is 774. The lowest BCUT2D eigenvalue weighted by atomic mass is 10.0. The first-order valence-corrected chi connectivity index (χ1v) is 10.8. The van der Waals surface area contributed by atoms with Crippen LogP contribution in [0.4, 0.5) is 4.39 Å². The number of nitrogens with zero attached hydrogens (tertiary/aromatic N) is 2. The van der Waals surface area contributed by atoms with Crippen molar-refractivity contribution in [1.29, 1.82) is 0 Å². The fourth-order valence-corrected chi connectivity index (χ4v) is 3.76. The van der Waals surface area contributed by atoms with E-state index in [-0.39, 0.29) is 11.9 Å². The molecule has 0 saturated carbocycles. The van der Waals surface area contributed by atoms with Crippen molar-refractivity contribution < 1.29 is 9.13 Å². The van der Waals surface area contributed by atoms with Crippen molar-refractivity contribution in [3.63, 3.8) is 0 Å². The number of halogens is 1. The molecule has 2 aromatic rings. The summed E-state index contributed by atoms with van der Waals surface area (Å²) in [5, 5.41) is 6.91. The van der Waals surface area contributed by atoms with Crippen LogP contribution >= 0.6 is 0 Å². The SMILES string of the molecule is CCNC(=NCC(OC)c1ccc(F)cc1)NC1CCN(Cc2ccccc2)CC1. The molecule has 1 heterocycles. The van der Waals surface area contributed by atoms with Gasteiger partial charge in [0, 0.05) is 39.3 Å². The molecule has 1 unspecified atom stereocenters. The average Bonchev–Trinajstić information content (AvgIpc) is 2.77. The second kappa shape index (κ2) is 11.7. The van der Waals surface area contributed by atoms with Gasteiger partial charge in [-0.1, -0.05) is 42.5 Å². The van der Waals surface area contributed by atoms with Crippen molar-refractivity contribution >= 4 is 5.96 Å². The van der Waals surface area contributed by atoms with Crippen molar-refractivity contribution in [2.24, 2.45) is 4.99 Å². The predicted molar refractivity (Wildman–Crippen MR) is 120 cm³/mol. The van der Waals surface area contributed by atoms with Crippen molar-refractivity contribution in [3.05, 3.63) is 71.5 Å². The molecule has 1 aliphatic heterocycles. The van der Waals surface area contributed by atoms with Crippen LogP contribution in [0.2, 0.25) is 0 Å². The summed E-state index contributed by atoms with van der Waals surface area (Å²) >= 11 is 0. The Morgan fingerprint density at radius 3 is 2.47 bits per heavy atom. The van der Waals surface area contributed by atoms with E-state index in [9.17, 15) is 4.39 Å². The molecule has 162 valence electrons. The van der Waals surface area contributed by atoms with Crippen LogP contribution in [0.1, 0.15) is 37.0 Å². The molecule has 3 rings (SSSR count). The Balaban J connectivity index is 1.51. The zero-order valence-corrected chi connectivity index (χ0v) is 18.0. The lowest BCUT2D eigenvalue weighted by molar-refractivity contribution is 0.110. The molecule has 1 fully saturated rings.